The number of hydrogen-bond donors (Lipinski definition) is 1. The Morgan fingerprint density at radius 1 is 1.75 bits per heavy atom. The molecule has 0 saturated heterocycles. The topological polar surface area (TPSA) is 37.3 Å². The Morgan fingerprint density at radius 2 is 2.12 bits per heavy atom. The molecule has 0 heterocycles. The first kappa shape index (κ1) is 8.05. The molecule has 4 heteroatoms. The van der Waals surface area contributed by atoms with E-state index >= 15 is 0 Å². The molecule has 1 N–H and O–H groups in total. The summed E-state index contributed by atoms with van der Waals surface area (Å²) >= 11 is 10.4. The van der Waals surface area contributed by atoms with Gasteiger partial charge < -0.3 is 5.11 Å². The summed E-state index contributed by atoms with van der Waals surface area (Å²) in [5.74, 6) is -1.19. The van der Waals surface area contributed by atoms with Crippen LogP contribution in [0.1, 0.15) is 13.3 Å². The van der Waals surface area contributed by atoms with E-state index in [0.29, 0.717) is 0 Å². The van der Waals surface area contributed by atoms with Crippen molar-refractivity contribution in [2.24, 2.45) is 0 Å². The van der Waals surface area contributed by atoms with Crippen molar-refractivity contribution >= 4 is 29.2 Å². The van der Waals surface area contributed by atoms with E-state index in [1.807, 2.05) is 0 Å². The fourth-order valence-electron chi connectivity index (χ4n) is 0.151. The van der Waals surface area contributed by atoms with Gasteiger partial charge in [0.15, 0.2) is 0 Å². The van der Waals surface area contributed by atoms with Gasteiger partial charge in [-0.25, -0.2) is 4.79 Å². The molecule has 0 bridgehead atoms. The number of hydrogen-bond acceptors (Lipinski definition) is 1. The summed E-state index contributed by atoms with van der Waals surface area (Å²) in [7, 11) is 0. The van der Waals surface area contributed by atoms with Crippen LogP contribution in [0.25, 0.3) is 0 Å². The van der Waals surface area contributed by atoms with Crippen LogP contribution in [0.2, 0.25) is 0 Å². The van der Waals surface area contributed by atoms with Crippen LogP contribution in [0.5, 0.6) is 0 Å². The summed E-state index contributed by atoms with van der Waals surface area (Å²) in [5, 5.41) is 8.18. The Balaban J connectivity index is 3.91. The second-order valence-corrected chi connectivity index (χ2v) is 2.85. The fourth-order valence-corrected chi connectivity index (χ4v) is 0.151. The smallest absolute Gasteiger partial charge is 0.340 e. The lowest BCUT2D eigenvalue weighted by Gasteiger charge is -2.08. The second kappa shape index (κ2) is 2.55. The molecule has 0 aromatic carbocycles. The number of rotatable bonds is 2. The van der Waals surface area contributed by atoms with Gasteiger partial charge in [0.05, 0.1) is 0 Å². The van der Waals surface area contributed by atoms with Crippen LogP contribution in [0.3, 0.4) is 0 Å². The predicted octanol–water partition coefficient (Wildman–Crippen LogP) is 1.65. The number of carbonyl (C=O) groups is 1. The standard InChI is InChI=1S/C4H6Cl2O2/c1-2-4(5,6)3(7)8/h2H2,1H3,(H,7,8). The average molecular weight is 157 g/mol. The molecular formula is C4H6Cl2O2. The van der Waals surface area contributed by atoms with Crippen LogP contribution in [-0.4, -0.2) is 15.4 Å². The van der Waals surface area contributed by atoms with E-state index in [1.165, 1.54) is 0 Å². The van der Waals surface area contributed by atoms with Crippen molar-refractivity contribution in [3.05, 3.63) is 0 Å². The van der Waals surface area contributed by atoms with Crippen LogP contribution in [0.15, 0.2) is 0 Å². The fraction of sp³-hybridized carbons (Fsp3) is 0.750. The molecule has 0 aromatic heterocycles. The van der Waals surface area contributed by atoms with E-state index in [0.717, 1.165) is 0 Å². The summed E-state index contributed by atoms with van der Waals surface area (Å²) in [6.07, 6.45) is 0.214. The van der Waals surface area contributed by atoms with Gasteiger partial charge in [-0.05, 0) is 6.42 Å². The van der Waals surface area contributed by atoms with Crippen molar-refractivity contribution in [3.8, 4) is 0 Å². The van der Waals surface area contributed by atoms with Crippen molar-refractivity contribution < 1.29 is 9.90 Å². The molecule has 8 heavy (non-hydrogen) atoms. The van der Waals surface area contributed by atoms with Gasteiger partial charge in [0.2, 0.25) is 4.33 Å². The third-order valence-corrected chi connectivity index (χ3v) is 1.61. The summed E-state index contributed by atoms with van der Waals surface area (Å²) in [5.41, 5.74) is 0. The van der Waals surface area contributed by atoms with E-state index in [1.54, 1.807) is 6.92 Å². The molecule has 0 aliphatic carbocycles. The number of aliphatic carboxylic acids is 1. The third kappa shape index (κ3) is 1.88. The van der Waals surface area contributed by atoms with E-state index in [9.17, 15) is 4.79 Å². The normalized spacial score (nSPS) is 11.4. The Kier molecular flexibility index (Phi) is 2.57. The lowest BCUT2D eigenvalue weighted by atomic mass is 10.3. The maximum atomic E-state index is 9.99. The molecule has 48 valence electrons. The van der Waals surface area contributed by atoms with Gasteiger partial charge in [-0.1, -0.05) is 30.1 Å². The monoisotopic (exact) mass is 156 g/mol. The van der Waals surface area contributed by atoms with Gasteiger partial charge in [-0.15, -0.1) is 0 Å². The van der Waals surface area contributed by atoms with E-state index in [4.69, 9.17) is 28.3 Å². The minimum Gasteiger partial charge on any atom is -0.479 e. The van der Waals surface area contributed by atoms with Crippen molar-refractivity contribution in [2.45, 2.75) is 17.7 Å². The van der Waals surface area contributed by atoms with E-state index < -0.39 is 10.3 Å². The molecule has 0 spiro atoms. The predicted molar refractivity (Wildman–Crippen MR) is 32.4 cm³/mol. The first-order chi connectivity index (χ1) is 3.50. The van der Waals surface area contributed by atoms with Crippen LogP contribution in [0.4, 0.5) is 0 Å². The highest BCUT2D eigenvalue weighted by atomic mass is 35.5. The highest BCUT2D eigenvalue weighted by molar-refractivity contribution is 6.57. The zero-order valence-corrected chi connectivity index (χ0v) is 5.83. The van der Waals surface area contributed by atoms with Crippen LogP contribution in [-0.2, 0) is 4.79 Å². The van der Waals surface area contributed by atoms with Gasteiger partial charge in [-0.3, -0.25) is 0 Å². The Labute approximate surface area is 57.4 Å². The molecule has 0 unspecified atom stereocenters. The quantitative estimate of drug-likeness (QED) is 0.618. The first-order valence-electron chi connectivity index (χ1n) is 2.12. The molecule has 0 fully saturated rings. The minimum atomic E-state index is -1.60. The van der Waals surface area contributed by atoms with E-state index in [2.05, 4.69) is 0 Å². The van der Waals surface area contributed by atoms with Gasteiger partial charge in [-0.2, -0.15) is 0 Å². The Hall–Kier alpha value is 0.0500. The number of alkyl halides is 2. The molecule has 0 aliphatic rings. The van der Waals surface area contributed by atoms with Gasteiger partial charge in [0.1, 0.15) is 0 Å². The van der Waals surface area contributed by atoms with Crippen LogP contribution < -0.4 is 0 Å². The first-order valence-corrected chi connectivity index (χ1v) is 2.87. The van der Waals surface area contributed by atoms with Gasteiger partial charge in [0, 0.05) is 0 Å². The molecule has 2 nitrogen and oxygen atoms in total. The highest BCUT2D eigenvalue weighted by Gasteiger charge is 2.30. The zero-order chi connectivity index (χ0) is 6.78. The zero-order valence-electron chi connectivity index (χ0n) is 4.32. The Morgan fingerprint density at radius 3 is 2.12 bits per heavy atom. The lowest BCUT2D eigenvalue weighted by molar-refractivity contribution is -0.137. The summed E-state index contributed by atoms with van der Waals surface area (Å²) in [6, 6.07) is 0. The summed E-state index contributed by atoms with van der Waals surface area (Å²) in [4.78, 5) is 9.99. The van der Waals surface area contributed by atoms with Crippen LogP contribution >= 0.6 is 23.2 Å². The minimum absolute atomic E-state index is 0.214. The molecular weight excluding hydrogens is 151 g/mol. The highest BCUT2D eigenvalue weighted by Crippen LogP contribution is 2.24. The van der Waals surface area contributed by atoms with Crippen molar-refractivity contribution in [1.82, 2.24) is 0 Å². The molecule has 0 aliphatic heterocycles. The Bertz CT molecular complexity index is 100. The molecule has 0 rings (SSSR count). The largest absolute Gasteiger partial charge is 0.479 e. The van der Waals surface area contributed by atoms with Gasteiger partial charge >= 0.3 is 5.97 Å². The number of carboxylic acids is 1. The maximum absolute atomic E-state index is 9.99. The lowest BCUT2D eigenvalue weighted by Crippen LogP contribution is -2.23. The van der Waals surface area contributed by atoms with Crippen molar-refractivity contribution in [1.29, 1.82) is 0 Å². The SMILES string of the molecule is CCC(Cl)(Cl)C(=O)O. The molecule has 0 atom stereocenters. The van der Waals surface area contributed by atoms with Crippen LogP contribution in [0, 0.1) is 0 Å². The number of halogens is 2. The van der Waals surface area contributed by atoms with Gasteiger partial charge in [0.25, 0.3) is 0 Å². The third-order valence-electron chi connectivity index (χ3n) is 0.757. The molecule has 0 radical (unpaired) electrons. The summed E-state index contributed by atoms with van der Waals surface area (Å²) < 4.78 is -1.60. The molecule has 0 aromatic rings. The van der Waals surface area contributed by atoms with Crippen molar-refractivity contribution in [3.63, 3.8) is 0 Å². The average Bonchev–Trinajstić information content (AvgIpc) is 1.67. The van der Waals surface area contributed by atoms with E-state index in [-0.39, 0.29) is 6.42 Å². The number of carboxylic acid groups (broad SMARTS) is 1. The maximum Gasteiger partial charge on any atom is 0.340 e. The van der Waals surface area contributed by atoms with Crippen molar-refractivity contribution in [2.75, 3.05) is 0 Å². The second-order valence-electron chi connectivity index (χ2n) is 1.36. The molecule has 0 saturated carbocycles. The molecule has 0 amide bonds. The summed E-state index contributed by atoms with van der Waals surface area (Å²) in [6.45, 7) is 1.61.